The molecule has 254 valence electrons. The number of aliphatic hydroxyl groups excluding tert-OH is 1. The maximum absolute atomic E-state index is 13.0. The van der Waals surface area contributed by atoms with Crippen LogP contribution in [-0.2, 0) is 24.4 Å². The summed E-state index contributed by atoms with van der Waals surface area (Å²) < 4.78 is 6.34. The molecule has 3 aromatic carbocycles. The first-order valence-corrected chi connectivity index (χ1v) is 18.5. The van der Waals surface area contributed by atoms with Crippen molar-refractivity contribution in [3.63, 3.8) is 0 Å². The van der Waals surface area contributed by atoms with E-state index in [1.165, 1.54) is 19.3 Å². The van der Waals surface area contributed by atoms with E-state index in [-0.39, 0.29) is 12.0 Å². The fourth-order valence-corrected chi connectivity index (χ4v) is 9.71. The molecule has 5 heterocycles. The van der Waals surface area contributed by atoms with Crippen LogP contribution in [0.1, 0.15) is 58.5 Å². The summed E-state index contributed by atoms with van der Waals surface area (Å²) >= 11 is 1.67. The van der Waals surface area contributed by atoms with E-state index < -0.39 is 0 Å². The van der Waals surface area contributed by atoms with Crippen molar-refractivity contribution in [2.75, 3.05) is 32.7 Å². The highest BCUT2D eigenvalue weighted by atomic mass is 32.1. The van der Waals surface area contributed by atoms with Gasteiger partial charge in [0.25, 0.3) is 0 Å². The van der Waals surface area contributed by atoms with Crippen LogP contribution in [0.5, 0.6) is 0 Å². The number of thiazole rings is 1. The lowest BCUT2D eigenvalue weighted by molar-refractivity contribution is -0.132. The quantitative estimate of drug-likeness (QED) is 0.203. The molecule has 3 aliphatic heterocycles. The topological polar surface area (TPSA) is 110 Å². The number of hydrogen-bond acceptors (Lipinski definition) is 9. The summed E-state index contributed by atoms with van der Waals surface area (Å²) in [5.41, 5.74) is 10.9. The standard InChI is InChI=1S/C40H40N6O3S/c1-24-29(6-3-8-31(24)38-42-33-15-26(14-27(16-41)37(33)49-38)17-45-22-40(23-45)11-5-12-40)30-7-4-9-32(25(30)2)39-43-34-19-46(20-35(34)50-39)36(48)21-44-13-10-28(47)18-44/h3-4,6-9,14-15,28,47H,5,10-13,17-23H2,1-2H3/t28-/m1/s1. The van der Waals surface area contributed by atoms with Crippen molar-refractivity contribution in [2.24, 2.45) is 5.41 Å². The van der Waals surface area contributed by atoms with Gasteiger partial charge in [-0.25, -0.2) is 9.97 Å². The number of hydrogen-bond donors (Lipinski definition) is 1. The van der Waals surface area contributed by atoms with Gasteiger partial charge in [0.1, 0.15) is 16.6 Å². The molecule has 2 aromatic heterocycles. The Hall–Kier alpha value is -4.40. The summed E-state index contributed by atoms with van der Waals surface area (Å²) in [5.74, 6) is 0.617. The third kappa shape index (κ3) is 5.44. The number of likely N-dealkylation sites (tertiary alicyclic amines) is 2. The summed E-state index contributed by atoms with van der Waals surface area (Å²) in [6, 6.07) is 19.0. The zero-order valence-electron chi connectivity index (χ0n) is 28.5. The van der Waals surface area contributed by atoms with E-state index >= 15 is 0 Å². The van der Waals surface area contributed by atoms with Gasteiger partial charge in [-0.3, -0.25) is 14.6 Å². The molecule has 0 bridgehead atoms. The molecule has 2 saturated heterocycles. The molecule has 10 heteroatoms. The predicted octanol–water partition coefficient (Wildman–Crippen LogP) is 6.67. The van der Waals surface area contributed by atoms with Gasteiger partial charge < -0.3 is 14.4 Å². The van der Waals surface area contributed by atoms with Crippen LogP contribution in [0.15, 0.2) is 52.9 Å². The summed E-state index contributed by atoms with van der Waals surface area (Å²) in [7, 11) is 0. The van der Waals surface area contributed by atoms with E-state index in [9.17, 15) is 15.2 Å². The van der Waals surface area contributed by atoms with Gasteiger partial charge in [0, 0.05) is 48.7 Å². The molecule has 0 radical (unpaired) electrons. The Balaban J connectivity index is 0.960. The van der Waals surface area contributed by atoms with Crippen molar-refractivity contribution in [1.82, 2.24) is 24.7 Å². The highest BCUT2D eigenvalue weighted by molar-refractivity contribution is 7.15. The average Bonchev–Trinajstić information content (AvgIpc) is 3.85. The first kappa shape index (κ1) is 31.6. The molecule has 4 aliphatic rings. The lowest BCUT2D eigenvalue weighted by Gasteiger charge is -2.56. The zero-order chi connectivity index (χ0) is 34.1. The lowest BCUT2D eigenvalue weighted by Crippen LogP contribution is -2.58. The number of rotatable bonds is 7. The zero-order valence-corrected chi connectivity index (χ0v) is 29.4. The Morgan fingerprint density at radius 1 is 1.02 bits per heavy atom. The number of nitrogens with zero attached hydrogens (tertiary/aromatic N) is 6. The van der Waals surface area contributed by atoms with E-state index in [2.05, 4.69) is 55.1 Å². The van der Waals surface area contributed by atoms with Gasteiger partial charge in [-0.2, -0.15) is 5.26 Å². The highest BCUT2D eigenvalue weighted by Crippen LogP contribution is 2.48. The smallest absolute Gasteiger partial charge is 0.237 e. The van der Waals surface area contributed by atoms with Crippen LogP contribution in [-0.4, -0.2) is 74.5 Å². The second-order valence-electron chi connectivity index (χ2n) is 14.9. The number of carbonyl (C=O) groups excluding carboxylic acids is 1. The predicted molar refractivity (Wildman–Crippen MR) is 193 cm³/mol. The molecular weight excluding hydrogens is 645 g/mol. The van der Waals surface area contributed by atoms with Crippen LogP contribution in [0.3, 0.4) is 0 Å². The monoisotopic (exact) mass is 684 g/mol. The minimum atomic E-state index is -0.329. The highest BCUT2D eigenvalue weighted by Gasteiger charge is 2.46. The van der Waals surface area contributed by atoms with E-state index in [1.807, 2.05) is 28.0 Å². The van der Waals surface area contributed by atoms with Crippen LogP contribution in [0.2, 0.25) is 0 Å². The molecule has 0 unspecified atom stereocenters. The van der Waals surface area contributed by atoms with E-state index in [1.54, 1.807) is 11.3 Å². The SMILES string of the molecule is Cc1c(-c2nc3cc(CN4CC5(CCC5)C4)cc(C#N)c3o2)cccc1-c1cccc(-c2nc3c(s2)CN(C(=O)CN2CC[C@@H](O)C2)C3)c1C. The summed E-state index contributed by atoms with van der Waals surface area (Å²) in [6.45, 7) is 10.2. The van der Waals surface area contributed by atoms with Crippen molar-refractivity contribution in [2.45, 2.75) is 65.3 Å². The Labute approximate surface area is 295 Å². The normalized spacial score (nSPS) is 19.9. The van der Waals surface area contributed by atoms with Crippen LogP contribution in [0.4, 0.5) is 0 Å². The molecule has 3 fully saturated rings. The van der Waals surface area contributed by atoms with Gasteiger partial charge in [0.2, 0.25) is 11.8 Å². The molecular formula is C40H40N6O3S. The lowest BCUT2D eigenvalue weighted by atomic mass is 9.63. The van der Waals surface area contributed by atoms with E-state index in [0.717, 1.165) is 92.6 Å². The van der Waals surface area contributed by atoms with Crippen LogP contribution < -0.4 is 0 Å². The number of aliphatic hydroxyl groups is 1. The molecule has 5 aromatic rings. The molecule has 1 saturated carbocycles. The minimum Gasteiger partial charge on any atom is -0.435 e. The van der Waals surface area contributed by atoms with Crippen LogP contribution in [0, 0.1) is 30.6 Å². The third-order valence-corrected chi connectivity index (χ3v) is 12.6. The molecule has 50 heavy (non-hydrogen) atoms. The summed E-state index contributed by atoms with van der Waals surface area (Å²) in [6.07, 6.45) is 4.46. The number of fused-ring (bicyclic) bond motifs is 2. The molecule has 1 amide bonds. The fraction of sp³-hybridized carbons (Fsp3) is 0.400. The van der Waals surface area contributed by atoms with Gasteiger partial charge in [-0.1, -0.05) is 36.8 Å². The molecule has 1 N–H and O–H groups in total. The van der Waals surface area contributed by atoms with Crippen molar-refractivity contribution in [3.8, 4) is 39.2 Å². The maximum atomic E-state index is 13.0. The number of benzene rings is 3. The largest absolute Gasteiger partial charge is 0.435 e. The van der Waals surface area contributed by atoms with Crippen molar-refractivity contribution >= 4 is 28.3 Å². The molecule has 1 spiro atoms. The first-order valence-electron chi connectivity index (χ1n) is 17.7. The van der Waals surface area contributed by atoms with Crippen molar-refractivity contribution < 1.29 is 14.3 Å². The molecule has 9 nitrogen and oxygen atoms in total. The van der Waals surface area contributed by atoms with E-state index in [4.69, 9.17) is 14.4 Å². The van der Waals surface area contributed by atoms with Crippen LogP contribution in [0.25, 0.3) is 44.3 Å². The Kier molecular flexibility index (Phi) is 7.66. The number of amides is 1. The average molecular weight is 685 g/mol. The number of oxazole rings is 1. The van der Waals surface area contributed by atoms with Crippen molar-refractivity contribution in [1.29, 1.82) is 5.26 Å². The fourth-order valence-electron chi connectivity index (χ4n) is 8.54. The van der Waals surface area contributed by atoms with Gasteiger partial charge in [-0.05, 0) is 84.5 Å². The van der Waals surface area contributed by atoms with E-state index in [0.29, 0.717) is 48.6 Å². The Morgan fingerprint density at radius 3 is 2.44 bits per heavy atom. The van der Waals surface area contributed by atoms with Gasteiger partial charge in [-0.15, -0.1) is 11.3 Å². The third-order valence-electron chi connectivity index (χ3n) is 11.4. The van der Waals surface area contributed by atoms with Gasteiger partial charge in [0.15, 0.2) is 5.58 Å². The minimum absolute atomic E-state index is 0.0935. The number of nitriles is 1. The number of β-amino-alcohol motifs (C(OH)–C–C–N with tert-alkyl or cyclic N) is 1. The summed E-state index contributed by atoms with van der Waals surface area (Å²) in [5, 5.41) is 20.8. The van der Waals surface area contributed by atoms with Crippen molar-refractivity contribution in [3.05, 3.63) is 81.4 Å². The number of aromatic nitrogens is 2. The summed E-state index contributed by atoms with van der Waals surface area (Å²) in [4.78, 5) is 30.5. The Bertz CT molecular complexity index is 2180. The van der Waals surface area contributed by atoms with Gasteiger partial charge in [0.05, 0.1) is 37.0 Å². The van der Waals surface area contributed by atoms with Crippen LogP contribution >= 0.6 is 11.3 Å². The molecule has 1 atom stereocenters. The first-order chi connectivity index (χ1) is 24.3. The second kappa shape index (κ2) is 12.1. The number of carbonyl (C=O) groups is 1. The maximum Gasteiger partial charge on any atom is 0.237 e. The Morgan fingerprint density at radius 2 is 1.76 bits per heavy atom. The molecule has 1 aliphatic carbocycles. The van der Waals surface area contributed by atoms with Gasteiger partial charge >= 0.3 is 0 Å². The molecule has 9 rings (SSSR count). The second-order valence-corrected chi connectivity index (χ2v) is 16.0.